The van der Waals surface area contributed by atoms with Gasteiger partial charge >= 0.3 is 5.97 Å². The van der Waals surface area contributed by atoms with Crippen molar-refractivity contribution in [2.75, 3.05) is 0 Å². The van der Waals surface area contributed by atoms with Crippen LogP contribution in [0.25, 0.3) is 0 Å². The van der Waals surface area contributed by atoms with Crippen LogP contribution in [0.2, 0.25) is 0 Å². The summed E-state index contributed by atoms with van der Waals surface area (Å²) in [6.07, 6.45) is 27.1. The molecule has 0 aromatic heterocycles. The lowest BCUT2D eigenvalue weighted by Crippen LogP contribution is -1.93. The van der Waals surface area contributed by atoms with E-state index >= 15 is 0 Å². The van der Waals surface area contributed by atoms with Gasteiger partial charge in [-0.3, -0.25) is 4.79 Å². The number of aliphatic carboxylic acids is 1. The van der Waals surface area contributed by atoms with Gasteiger partial charge in [-0.2, -0.15) is 13.5 Å². The summed E-state index contributed by atoms with van der Waals surface area (Å²) >= 11 is 0. The second-order valence-corrected chi connectivity index (χ2v) is 7.14. The number of carbonyl (C=O) groups is 1. The van der Waals surface area contributed by atoms with Gasteiger partial charge in [0.05, 0.1) is 0 Å². The molecule has 0 atom stereocenters. The Morgan fingerprint density at radius 3 is 1.40 bits per heavy atom. The van der Waals surface area contributed by atoms with Crippen LogP contribution in [-0.4, -0.2) is 11.1 Å². The first kappa shape index (κ1) is 26.8. The van der Waals surface area contributed by atoms with Gasteiger partial charge in [-0.1, -0.05) is 96.1 Å². The molecule has 0 fully saturated rings. The standard InChI is InChI=1S/C22H42O2.H2S/c1-2-3-4-5-6-7-8-9-10-11-12-13-14-15-16-17-18-19-20-21-22(23)24;/h9-10H,2-8,11-21H2,1H3,(H,23,24);1H2/b10-9-;. The Morgan fingerprint density at radius 2 is 1.00 bits per heavy atom. The Kier molecular flexibility index (Phi) is 25.2. The zero-order valence-electron chi connectivity index (χ0n) is 16.7. The summed E-state index contributed by atoms with van der Waals surface area (Å²) in [6, 6.07) is 0. The summed E-state index contributed by atoms with van der Waals surface area (Å²) in [4.78, 5) is 10.4. The Labute approximate surface area is 164 Å². The van der Waals surface area contributed by atoms with Crippen molar-refractivity contribution in [1.82, 2.24) is 0 Å². The molecule has 0 aliphatic rings. The first-order valence-corrected chi connectivity index (χ1v) is 10.6. The molecule has 0 saturated heterocycles. The summed E-state index contributed by atoms with van der Waals surface area (Å²) in [5.41, 5.74) is 0. The molecule has 3 heteroatoms. The normalized spacial score (nSPS) is 10.9. The maximum atomic E-state index is 10.4. The van der Waals surface area contributed by atoms with Crippen LogP contribution in [0.1, 0.15) is 122 Å². The van der Waals surface area contributed by atoms with Crippen LogP contribution in [0.4, 0.5) is 0 Å². The second kappa shape index (κ2) is 23.6. The molecule has 0 heterocycles. The summed E-state index contributed by atoms with van der Waals surface area (Å²) < 4.78 is 0. The van der Waals surface area contributed by atoms with Crippen molar-refractivity contribution >= 4 is 19.5 Å². The molecule has 0 aliphatic heterocycles. The molecule has 2 nitrogen and oxygen atoms in total. The van der Waals surface area contributed by atoms with Gasteiger partial charge in [-0.15, -0.1) is 0 Å². The molecule has 25 heavy (non-hydrogen) atoms. The molecule has 1 N–H and O–H groups in total. The quantitative estimate of drug-likeness (QED) is 0.186. The van der Waals surface area contributed by atoms with Crippen LogP contribution in [0, 0.1) is 0 Å². The highest BCUT2D eigenvalue weighted by Gasteiger charge is 1.96. The SMILES string of the molecule is CCCCCCCC/C=C\CCCCCCCCCCCC(=O)O.S. The number of hydrogen-bond acceptors (Lipinski definition) is 1. The monoisotopic (exact) mass is 372 g/mol. The summed E-state index contributed by atoms with van der Waals surface area (Å²) in [6.45, 7) is 2.27. The van der Waals surface area contributed by atoms with Crippen molar-refractivity contribution in [2.24, 2.45) is 0 Å². The zero-order valence-corrected chi connectivity index (χ0v) is 17.7. The van der Waals surface area contributed by atoms with Crippen molar-refractivity contribution in [2.45, 2.75) is 122 Å². The van der Waals surface area contributed by atoms with E-state index in [-0.39, 0.29) is 13.5 Å². The Morgan fingerprint density at radius 1 is 0.640 bits per heavy atom. The number of rotatable bonds is 19. The molecule has 0 aliphatic carbocycles. The van der Waals surface area contributed by atoms with Crippen molar-refractivity contribution in [1.29, 1.82) is 0 Å². The van der Waals surface area contributed by atoms with E-state index < -0.39 is 5.97 Å². The highest BCUT2D eigenvalue weighted by molar-refractivity contribution is 7.59. The minimum absolute atomic E-state index is 0. The maximum Gasteiger partial charge on any atom is 0.303 e. The zero-order chi connectivity index (χ0) is 17.7. The molecule has 0 amide bonds. The minimum Gasteiger partial charge on any atom is -0.481 e. The molecular formula is C22H44O2S. The van der Waals surface area contributed by atoms with Gasteiger partial charge in [0.15, 0.2) is 0 Å². The van der Waals surface area contributed by atoms with E-state index in [1.807, 2.05) is 0 Å². The fourth-order valence-corrected chi connectivity index (χ4v) is 3.05. The van der Waals surface area contributed by atoms with Crippen LogP contribution in [0.3, 0.4) is 0 Å². The van der Waals surface area contributed by atoms with Crippen molar-refractivity contribution in [3.05, 3.63) is 12.2 Å². The van der Waals surface area contributed by atoms with Gasteiger partial charge in [0, 0.05) is 6.42 Å². The predicted molar refractivity (Wildman–Crippen MR) is 116 cm³/mol. The third kappa shape index (κ3) is 25.9. The second-order valence-electron chi connectivity index (χ2n) is 7.14. The number of hydrogen-bond donors (Lipinski definition) is 1. The van der Waals surface area contributed by atoms with Crippen LogP contribution in [0.15, 0.2) is 12.2 Å². The van der Waals surface area contributed by atoms with Gasteiger partial charge < -0.3 is 5.11 Å². The largest absolute Gasteiger partial charge is 0.481 e. The molecule has 0 spiro atoms. The lowest BCUT2D eigenvalue weighted by molar-refractivity contribution is -0.137. The van der Waals surface area contributed by atoms with E-state index in [2.05, 4.69) is 19.1 Å². The Bertz CT molecular complexity index is 290. The highest BCUT2D eigenvalue weighted by Crippen LogP contribution is 2.12. The number of carboxylic acids is 1. The summed E-state index contributed by atoms with van der Waals surface area (Å²) in [5.74, 6) is -0.656. The predicted octanol–water partition coefficient (Wildman–Crippen LogP) is 7.78. The first-order valence-electron chi connectivity index (χ1n) is 10.6. The fourth-order valence-electron chi connectivity index (χ4n) is 3.05. The maximum absolute atomic E-state index is 10.4. The average Bonchev–Trinajstić information content (AvgIpc) is 2.56. The fraction of sp³-hybridized carbons (Fsp3) is 0.864. The van der Waals surface area contributed by atoms with E-state index in [4.69, 9.17) is 5.11 Å². The van der Waals surface area contributed by atoms with Crippen molar-refractivity contribution in [3.8, 4) is 0 Å². The molecule has 0 bridgehead atoms. The molecule has 0 rings (SSSR count). The van der Waals surface area contributed by atoms with E-state index in [1.165, 1.54) is 96.3 Å². The number of carboxylic acid groups (broad SMARTS) is 1. The minimum atomic E-state index is -0.656. The highest BCUT2D eigenvalue weighted by atomic mass is 32.1. The summed E-state index contributed by atoms with van der Waals surface area (Å²) in [5, 5.41) is 8.55. The third-order valence-electron chi connectivity index (χ3n) is 4.65. The van der Waals surface area contributed by atoms with Gasteiger partial charge in [-0.05, 0) is 32.1 Å². The van der Waals surface area contributed by atoms with E-state index in [1.54, 1.807) is 0 Å². The van der Waals surface area contributed by atoms with Gasteiger partial charge in [0.1, 0.15) is 0 Å². The molecule has 150 valence electrons. The molecular weight excluding hydrogens is 328 g/mol. The molecule has 0 aromatic carbocycles. The molecule has 0 aromatic rings. The van der Waals surface area contributed by atoms with Gasteiger partial charge in [0.2, 0.25) is 0 Å². The molecule has 0 unspecified atom stereocenters. The van der Waals surface area contributed by atoms with Gasteiger partial charge in [-0.25, -0.2) is 0 Å². The smallest absolute Gasteiger partial charge is 0.303 e. The Balaban J connectivity index is 0. The van der Waals surface area contributed by atoms with Crippen LogP contribution in [0.5, 0.6) is 0 Å². The van der Waals surface area contributed by atoms with Crippen molar-refractivity contribution < 1.29 is 9.90 Å². The Hall–Kier alpha value is -0.440. The molecule has 0 saturated carbocycles. The van der Waals surface area contributed by atoms with E-state index in [9.17, 15) is 4.79 Å². The van der Waals surface area contributed by atoms with Crippen LogP contribution < -0.4 is 0 Å². The lowest BCUT2D eigenvalue weighted by atomic mass is 10.1. The van der Waals surface area contributed by atoms with Crippen molar-refractivity contribution in [3.63, 3.8) is 0 Å². The van der Waals surface area contributed by atoms with Crippen LogP contribution in [-0.2, 0) is 4.79 Å². The van der Waals surface area contributed by atoms with E-state index in [0.717, 1.165) is 12.8 Å². The number of allylic oxidation sites excluding steroid dienone is 2. The number of unbranched alkanes of at least 4 members (excludes halogenated alkanes) is 15. The van der Waals surface area contributed by atoms with Gasteiger partial charge in [0.25, 0.3) is 0 Å². The summed E-state index contributed by atoms with van der Waals surface area (Å²) in [7, 11) is 0. The average molecular weight is 373 g/mol. The lowest BCUT2D eigenvalue weighted by Gasteiger charge is -2.01. The van der Waals surface area contributed by atoms with E-state index in [0.29, 0.717) is 6.42 Å². The topological polar surface area (TPSA) is 37.3 Å². The third-order valence-corrected chi connectivity index (χ3v) is 4.65. The van der Waals surface area contributed by atoms with Crippen LogP contribution >= 0.6 is 13.5 Å². The first-order chi connectivity index (χ1) is 11.8. The molecule has 0 radical (unpaired) electrons.